The molecule has 1 aliphatic heterocycles. The van der Waals surface area contributed by atoms with Gasteiger partial charge in [0.2, 0.25) is 82.7 Å². The number of para-hydroxylation sites is 2. The average molecular weight is 1600 g/mol. The average Bonchev–Trinajstić information content (AvgIpc) is 0.847. The zero-order chi connectivity index (χ0) is 84.6. The van der Waals surface area contributed by atoms with E-state index in [4.69, 9.17) is 26.7 Å². The molecule has 1 fully saturated rings. The number of carboxylic acid groups (broad SMARTS) is 4. The number of carbonyl (C=O) groups is 20. The Morgan fingerprint density at radius 3 is 1.64 bits per heavy atom. The molecule has 24 N–H and O–H groups in total. The number of amides is 14. The number of benzene rings is 2. The van der Waals surface area contributed by atoms with Crippen molar-refractivity contribution in [1.29, 1.82) is 0 Å². The molecular weight excluding hydrogens is 1500 g/mol. The number of aliphatic carboxylic acids is 4. The summed E-state index contributed by atoms with van der Waals surface area (Å²) in [4.78, 5) is 272. The number of aliphatic hydroxyl groups excluding tert-OH is 1. The van der Waals surface area contributed by atoms with Gasteiger partial charge in [-0.3, -0.25) is 91.1 Å². The predicted octanol–water partition coefficient (Wildman–Crippen LogP) is -6.27. The highest BCUT2D eigenvalue weighted by atomic mass is 16.5. The number of primary amides is 1. The summed E-state index contributed by atoms with van der Waals surface area (Å²) >= 11 is 0. The van der Waals surface area contributed by atoms with Crippen molar-refractivity contribution in [1.82, 2.24) is 69.1 Å². The number of nitrogens with one attached hydrogen (secondary N) is 13. The Bertz CT molecular complexity index is 3740. The molecule has 0 aromatic heterocycles. The predicted molar refractivity (Wildman–Crippen MR) is 390 cm³/mol. The molecule has 113 heavy (non-hydrogen) atoms. The fourth-order valence-corrected chi connectivity index (χ4v) is 10.9. The van der Waals surface area contributed by atoms with Crippen molar-refractivity contribution in [2.45, 2.75) is 203 Å². The summed E-state index contributed by atoms with van der Waals surface area (Å²) < 4.78 is 11.4. The molecule has 1 heterocycles. The Kier molecular flexibility index (Phi) is 41.1. The van der Waals surface area contributed by atoms with Crippen LogP contribution >= 0.6 is 0 Å². The second kappa shape index (κ2) is 49.0. The standard InChI is InChI=1S/C70H100N16O27/c1-5-6-7-8-9-10-14-23-51(90)79-48(34-112-38-18-12-11-13-19-38)67(108)81-42(27-50(73)89)64(105)83-45(30-57(99)100)65(106)86-59-37(4)113-70(111)46(26-49(88)39-20-15-16-21-40(39)72)84-69(110)58(35(2)25-54(93)94)85-66(107)47(33-87)78-53(92)31-74-61(102)43(28-55(95)96)80-60(101)36(3)76-63(104)44(29-56(97)98)82-62(103)41(22-17-24-71)77-52(91)32-75-68(59)109/h11-13,15-16,18-21,35-37,41-48,58-59,87H,5-10,14,17,22-34,71-72H2,1-4H3,(H2,73,89)(H,74,102)(H,75,109)(H,76,104)(H,77,91)(H,78,92)(H,79,90)(H,80,101)(H,81,108)(H,82,103)(H,83,105)(H,84,110)(H,85,107)(H,86,106)(H,93,94)(H,95,96)(H,97,98)(H,99,100)/t35-,36+,37+,41-,42-,43-,44-,45-,46-,47+,48-,58-,59-/m0/s1. The lowest BCUT2D eigenvalue weighted by Crippen LogP contribution is -2.62. The number of cyclic esters (lactones) is 1. The molecule has 43 nitrogen and oxygen atoms in total. The van der Waals surface area contributed by atoms with Crippen LogP contribution in [0.3, 0.4) is 0 Å². The van der Waals surface area contributed by atoms with Crippen molar-refractivity contribution in [3.63, 3.8) is 0 Å². The lowest BCUT2D eigenvalue weighted by molar-refractivity contribution is -0.156. The van der Waals surface area contributed by atoms with Crippen LogP contribution < -0.4 is 91.1 Å². The molecule has 0 unspecified atom stereocenters. The summed E-state index contributed by atoms with van der Waals surface area (Å²) in [6.07, 6.45) is -3.86. The third-order valence-corrected chi connectivity index (χ3v) is 16.9. The molecule has 0 bridgehead atoms. The molecule has 1 saturated heterocycles. The first-order valence-corrected chi connectivity index (χ1v) is 36.0. The van der Waals surface area contributed by atoms with Crippen LogP contribution in [0.2, 0.25) is 0 Å². The fraction of sp³-hybridized carbons (Fsp3) is 0.543. The summed E-state index contributed by atoms with van der Waals surface area (Å²) in [6, 6.07) is -9.75. The van der Waals surface area contributed by atoms with E-state index in [0.29, 0.717) is 12.8 Å². The van der Waals surface area contributed by atoms with Gasteiger partial charge in [0.15, 0.2) is 5.78 Å². The summed E-state index contributed by atoms with van der Waals surface area (Å²) in [5.41, 5.74) is 16.8. The van der Waals surface area contributed by atoms with Crippen molar-refractivity contribution in [2.24, 2.45) is 17.4 Å². The molecule has 0 aliphatic carbocycles. The van der Waals surface area contributed by atoms with Crippen molar-refractivity contribution in [2.75, 3.05) is 38.6 Å². The quantitative estimate of drug-likeness (QED) is 0.0131. The summed E-state index contributed by atoms with van der Waals surface area (Å²) in [5, 5.41) is 77.5. The van der Waals surface area contributed by atoms with Gasteiger partial charge >= 0.3 is 29.8 Å². The number of esters is 1. The highest BCUT2D eigenvalue weighted by Crippen LogP contribution is 2.19. The van der Waals surface area contributed by atoms with E-state index in [1.54, 1.807) is 18.2 Å². The molecule has 0 radical (unpaired) electrons. The second-order valence-corrected chi connectivity index (χ2v) is 26.3. The minimum atomic E-state index is -2.45. The summed E-state index contributed by atoms with van der Waals surface area (Å²) in [5.74, 6) is -29.8. The zero-order valence-electron chi connectivity index (χ0n) is 62.5. The third-order valence-electron chi connectivity index (χ3n) is 16.9. The molecule has 13 atom stereocenters. The third kappa shape index (κ3) is 35.0. The maximum absolute atomic E-state index is 14.8. The number of ether oxygens (including phenoxy) is 2. The number of hydrogen-bond donors (Lipinski definition) is 21. The van der Waals surface area contributed by atoms with Gasteiger partial charge in [0.05, 0.1) is 51.8 Å². The van der Waals surface area contributed by atoms with Crippen LogP contribution in [0, 0.1) is 5.92 Å². The molecule has 0 saturated carbocycles. The number of nitrogens with two attached hydrogens (primary N) is 3. The van der Waals surface area contributed by atoms with Gasteiger partial charge in [-0.1, -0.05) is 82.7 Å². The SMILES string of the molecule is CCCCCCCCCC(=O)N[C@@H](COc1ccccc1)C(=O)N[C@@H](CC(N)=O)C(=O)N[C@@H](CC(=O)O)C(=O)N[C@@H]1C(=O)NCC(=O)N[C@@H](CCCN)C(=O)N[C@@H](CC(=O)O)C(=O)N[C@H](C)C(=O)N[C@@H](CC(=O)O)C(=O)NCC(=O)N[C@H](CO)C(=O)N[C@@H]([C@@H](C)CC(=O)O)C(=O)N[C@@H](CC(=O)c2ccccc2N)C(=O)O[C@@H]1C. The van der Waals surface area contributed by atoms with Gasteiger partial charge in [-0.15, -0.1) is 0 Å². The van der Waals surface area contributed by atoms with Crippen LogP contribution in [-0.4, -0.2) is 249 Å². The lowest BCUT2D eigenvalue weighted by atomic mass is 9.96. The Morgan fingerprint density at radius 2 is 1.06 bits per heavy atom. The number of hydrogen-bond acceptors (Lipinski definition) is 25. The highest BCUT2D eigenvalue weighted by molar-refractivity contribution is 6.05. The number of aliphatic hydroxyl groups is 1. The Balaban J connectivity index is 2.28. The van der Waals surface area contributed by atoms with E-state index in [-0.39, 0.29) is 36.4 Å². The summed E-state index contributed by atoms with van der Waals surface area (Å²) in [6.45, 7) is 0.512. The molecule has 2 aromatic rings. The van der Waals surface area contributed by atoms with Crippen molar-refractivity contribution in [3.05, 3.63) is 60.2 Å². The van der Waals surface area contributed by atoms with Crippen molar-refractivity contribution in [3.8, 4) is 5.75 Å². The van der Waals surface area contributed by atoms with Crippen LogP contribution in [0.25, 0.3) is 0 Å². The number of carboxylic acids is 4. The van der Waals surface area contributed by atoms with E-state index in [1.165, 1.54) is 36.4 Å². The number of rotatable bonds is 36. The number of anilines is 1. The van der Waals surface area contributed by atoms with Gasteiger partial charge < -0.3 is 121 Å². The minimum absolute atomic E-state index is 0.0489. The van der Waals surface area contributed by atoms with E-state index in [2.05, 4.69) is 60.1 Å². The van der Waals surface area contributed by atoms with E-state index in [1.807, 2.05) is 16.0 Å². The maximum atomic E-state index is 14.8. The van der Waals surface area contributed by atoms with Crippen LogP contribution in [0.15, 0.2) is 54.6 Å². The van der Waals surface area contributed by atoms with Crippen LogP contribution in [0.4, 0.5) is 5.69 Å². The number of ketones is 1. The number of carbonyl (C=O) groups excluding carboxylic acids is 16. The van der Waals surface area contributed by atoms with E-state index >= 15 is 0 Å². The Hall–Kier alpha value is -12.4. The molecule has 0 spiro atoms. The zero-order valence-corrected chi connectivity index (χ0v) is 62.5. The van der Waals surface area contributed by atoms with E-state index in [0.717, 1.165) is 52.9 Å². The molecule has 3 rings (SSSR count). The Labute approximate surface area is 646 Å². The van der Waals surface area contributed by atoms with Crippen molar-refractivity contribution >= 4 is 124 Å². The molecule has 43 heteroatoms. The lowest BCUT2D eigenvalue weighted by Gasteiger charge is -2.30. The number of unbranched alkanes of at least 4 members (excludes halogenated alkanes) is 6. The van der Waals surface area contributed by atoms with E-state index < -0.39 is 268 Å². The van der Waals surface area contributed by atoms with Crippen LogP contribution in [0.1, 0.15) is 141 Å². The number of Topliss-reactive ketones (excluding diaryl/α,β-unsaturated/α-hetero) is 1. The monoisotopic (exact) mass is 1600 g/mol. The fourth-order valence-electron chi connectivity index (χ4n) is 10.9. The molecule has 622 valence electrons. The largest absolute Gasteiger partial charge is 0.491 e. The Morgan fingerprint density at radius 1 is 0.540 bits per heavy atom. The topological polar surface area (TPSA) is 695 Å². The van der Waals surface area contributed by atoms with Gasteiger partial charge in [0, 0.05) is 24.1 Å². The molecule has 2 aromatic carbocycles. The van der Waals surface area contributed by atoms with Gasteiger partial charge in [-0.25, -0.2) is 4.79 Å². The van der Waals surface area contributed by atoms with Gasteiger partial charge in [-0.05, 0) is 69.8 Å². The normalized spacial score (nSPS) is 21.2. The van der Waals surface area contributed by atoms with Gasteiger partial charge in [-0.2, -0.15) is 0 Å². The van der Waals surface area contributed by atoms with Crippen LogP contribution in [-0.2, 0) is 95.8 Å². The first kappa shape index (κ1) is 94.8. The first-order chi connectivity index (χ1) is 53.4. The molecular formula is C70H100N16O27. The molecule has 1 aliphatic rings. The minimum Gasteiger partial charge on any atom is -0.491 e. The maximum Gasteiger partial charge on any atom is 0.329 e. The first-order valence-electron chi connectivity index (χ1n) is 36.0. The van der Waals surface area contributed by atoms with Gasteiger partial charge in [0.1, 0.15) is 84.9 Å². The van der Waals surface area contributed by atoms with E-state index in [9.17, 15) is 121 Å². The second-order valence-electron chi connectivity index (χ2n) is 26.3. The molecule has 14 amide bonds. The summed E-state index contributed by atoms with van der Waals surface area (Å²) in [7, 11) is 0. The number of nitrogen functional groups attached to an aromatic ring is 1. The van der Waals surface area contributed by atoms with Crippen molar-refractivity contribution < 1.29 is 131 Å². The smallest absolute Gasteiger partial charge is 0.329 e. The van der Waals surface area contributed by atoms with Gasteiger partial charge in [0.25, 0.3) is 0 Å². The van der Waals surface area contributed by atoms with Crippen LogP contribution in [0.5, 0.6) is 5.75 Å². The highest BCUT2D eigenvalue weighted by Gasteiger charge is 2.41.